The molecule has 5 nitrogen and oxygen atoms in total. The second-order valence-electron chi connectivity index (χ2n) is 6.20. The lowest BCUT2D eigenvalue weighted by Gasteiger charge is -2.31. The van der Waals surface area contributed by atoms with Gasteiger partial charge in [-0.2, -0.15) is 0 Å². The Hall–Kier alpha value is -2.95. The molecule has 5 heteroatoms. The van der Waals surface area contributed by atoms with E-state index in [-0.39, 0.29) is 0 Å². The second-order valence-corrected chi connectivity index (χ2v) is 6.20. The summed E-state index contributed by atoms with van der Waals surface area (Å²) in [6.45, 7) is 3.75. The summed E-state index contributed by atoms with van der Waals surface area (Å²) in [7, 11) is 1.73. The van der Waals surface area contributed by atoms with Crippen LogP contribution in [0.25, 0.3) is 11.4 Å². The van der Waals surface area contributed by atoms with E-state index in [0.717, 1.165) is 48.2 Å². The summed E-state index contributed by atoms with van der Waals surface area (Å²) < 4.78 is 5.50. The first-order chi connectivity index (χ1) is 12.2. The highest BCUT2D eigenvalue weighted by atomic mass is 16.5. The Balaban J connectivity index is 1.68. The summed E-state index contributed by atoms with van der Waals surface area (Å²) in [5, 5.41) is 0. The zero-order valence-electron chi connectivity index (χ0n) is 14.4. The van der Waals surface area contributed by atoms with E-state index in [1.807, 2.05) is 37.3 Å². The van der Waals surface area contributed by atoms with Crippen molar-refractivity contribution < 1.29 is 4.74 Å². The maximum absolute atomic E-state index is 5.50. The number of hydrogen-bond donors (Lipinski definition) is 0. The fourth-order valence-electron chi connectivity index (χ4n) is 3.30. The predicted molar refractivity (Wildman–Crippen MR) is 97.7 cm³/mol. The molecule has 0 fully saturated rings. The Morgan fingerprint density at radius 3 is 2.84 bits per heavy atom. The molecule has 1 aliphatic heterocycles. The minimum atomic E-state index is 0.722. The first-order valence-electron chi connectivity index (χ1n) is 8.40. The molecule has 126 valence electrons. The molecule has 3 aromatic rings. The van der Waals surface area contributed by atoms with Crippen LogP contribution in [0.2, 0.25) is 0 Å². The van der Waals surface area contributed by atoms with Gasteiger partial charge in [-0.1, -0.05) is 12.1 Å². The van der Waals surface area contributed by atoms with Gasteiger partial charge in [0.15, 0.2) is 5.82 Å². The van der Waals surface area contributed by atoms with Gasteiger partial charge < -0.3 is 9.64 Å². The van der Waals surface area contributed by atoms with E-state index in [1.165, 1.54) is 11.1 Å². The molecular weight excluding hydrogens is 312 g/mol. The molecule has 2 aromatic heterocycles. The van der Waals surface area contributed by atoms with E-state index in [0.29, 0.717) is 0 Å². The molecule has 0 unspecified atom stereocenters. The minimum absolute atomic E-state index is 0.722. The average molecular weight is 332 g/mol. The van der Waals surface area contributed by atoms with Crippen molar-refractivity contribution >= 4 is 5.82 Å². The number of aromatic nitrogens is 3. The lowest BCUT2D eigenvalue weighted by molar-refractivity contribution is 0.407. The van der Waals surface area contributed by atoms with Crippen molar-refractivity contribution in [3.8, 4) is 17.1 Å². The number of methoxy groups -OCH3 is 1. The third kappa shape index (κ3) is 3.05. The number of anilines is 1. The van der Waals surface area contributed by atoms with Gasteiger partial charge in [-0.25, -0.2) is 9.97 Å². The SMILES string of the molecule is COc1cccc2c1CCN(c1cc(C)nc(-c3cccnc3)n1)C2. The van der Waals surface area contributed by atoms with Crippen molar-refractivity contribution in [1.82, 2.24) is 15.0 Å². The largest absolute Gasteiger partial charge is 0.496 e. The minimum Gasteiger partial charge on any atom is -0.496 e. The molecule has 0 bridgehead atoms. The normalized spacial score (nSPS) is 13.4. The van der Waals surface area contributed by atoms with Crippen molar-refractivity contribution in [2.75, 3.05) is 18.6 Å². The average Bonchev–Trinajstić information content (AvgIpc) is 2.67. The van der Waals surface area contributed by atoms with Crippen molar-refractivity contribution in [2.45, 2.75) is 19.9 Å². The van der Waals surface area contributed by atoms with Gasteiger partial charge in [0.2, 0.25) is 0 Å². The highest BCUT2D eigenvalue weighted by Crippen LogP contribution is 2.30. The summed E-state index contributed by atoms with van der Waals surface area (Å²) >= 11 is 0. The van der Waals surface area contributed by atoms with Crippen LogP contribution in [0.4, 0.5) is 5.82 Å². The molecule has 0 spiro atoms. The molecule has 0 amide bonds. The van der Waals surface area contributed by atoms with E-state index < -0.39 is 0 Å². The summed E-state index contributed by atoms with van der Waals surface area (Å²) in [5.74, 6) is 2.66. The van der Waals surface area contributed by atoms with Crippen molar-refractivity contribution in [3.63, 3.8) is 0 Å². The quantitative estimate of drug-likeness (QED) is 0.735. The summed E-state index contributed by atoms with van der Waals surface area (Å²) in [6, 6.07) is 12.2. The lowest BCUT2D eigenvalue weighted by atomic mass is 9.98. The Morgan fingerprint density at radius 1 is 1.12 bits per heavy atom. The number of hydrogen-bond acceptors (Lipinski definition) is 5. The van der Waals surface area contributed by atoms with Crippen LogP contribution in [0, 0.1) is 6.92 Å². The predicted octanol–water partition coefficient (Wildman–Crippen LogP) is 3.42. The Labute approximate surface area is 147 Å². The van der Waals surface area contributed by atoms with E-state index in [4.69, 9.17) is 9.72 Å². The van der Waals surface area contributed by atoms with E-state index >= 15 is 0 Å². The number of rotatable bonds is 3. The topological polar surface area (TPSA) is 51.1 Å². The van der Waals surface area contributed by atoms with Crippen LogP contribution < -0.4 is 9.64 Å². The Morgan fingerprint density at radius 2 is 2.04 bits per heavy atom. The van der Waals surface area contributed by atoms with Gasteiger partial charge in [-0.05, 0) is 37.1 Å². The third-order valence-electron chi connectivity index (χ3n) is 4.53. The molecule has 0 saturated carbocycles. The highest BCUT2D eigenvalue weighted by molar-refractivity contribution is 5.57. The van der Waals surface area contributed by atoms with Gasteiger partial charge in [0.25, 0.3) is 0 Å². The number of fused-ring (bicyclic) bond motifs is 1. The summed E-state index contributed by atoms with van der Waals surface area (Å²) in [4.78, 5) is 15.8. The van der Waals surface area contributed by atoms with Crippen LogP contribution in [0.15, 0.2) is 48.8 Å². The van der Waals surface area contributed by atoms with Crippen molar-refractivity contribution in [2.24, 2.45) is 0 Å². The highest BCUT2D eigenvalue weighted by Gasteiger charge is 2.21. The molecule has 25 heavy (non-hydrogen) atoms. The fraction of sp³-hybridized carbons (Fsp3) is 0.250. The zero-order chi connectivity index (χ0) is 17.2. The second kappa shape index (κ2) is 6.51. The first-order valence-corrected chi connectivity index (χ1v) is 8.40. The third-order valence-corrected chi connectivity index (χ3v) is 4.53. The van der Waals surface area contributed by atoms with E-state index in [1.54, 1.807) is 19.5 Å². The van der Waals surface area contributed by atoms with Gasteiger partial charge >= 0.3 is 0 Å². The van der Waals surface area contributed by atoms with Crippen molar-refractivity contribution in [1.29, 1.82) is 0 Å². The van der Waals surface area contributed by atoms with Gasteiger partial charge in [0.1, 0.15) is 11.6 Å². The molecule has 0 aliphatic carbocycles. The Bertz CT molecular complexity index is 895. The van der Waals surface area contributed by atoms with Crippen LogP contribution in [-0.2, 0) is 13.0 Å². The smallest absolute Gasteiger partial charge is 0.163 e. The van der Waals surface area contributed by atoms with E-state index in [9.17, 15) is 0 Å². The maximum Gasteiger partial charge on any atom is 0.163 e. The molecule has 1 aliphatic rings. The van der Waals surface area contributed by atoms with Crippen LogP contribution in [0.1, 0.15) is 16.8 Å². The van der Waals surface area contributed by atoms with Crippen LogP contribution in [0.3, 0.4) is 0 Å². The van der Waals surface area contributed by atoms with Crippen LogP contribution >= 0.6 is 0 Å². The Kier molecular flexibility index (Phi) is 4.06. The molecular formula is C20H20N4O. The van der Waals surface area contributed by atoms with Gasteiger partial charge in [0.05, 0.1) is 7.11 Å². The zero-order valence-corrected chi connectivity index (χ0v) is 14.4. The lowest BCUT2D eigenvalue weighted by Crippen LogP contribution is -2.31. The standard InChI is InChI=1S/C20H20N4O/c1-14-11-19(23-20(22-14)15-6-4-9-21-12-15)24-10-8-17-16(13-24)5-3-7-18(17)25-2/h3-7,9,11-12H,8,10,13H2,1-2H3. The van der Waals surface area contributed by atoms with Crippen LogP contribution in [-0.4, -0.2) is 28.6 Å². The number of pyridine rings is 1. The van der Waals surface area contributed by atoms with Crippen molar-refractivity contribution in [3.05, 3.63) is 65.6 Å². The maximum atomic E-state index is 5.50. The molecule has 3 heterocycles. The van der Waals surface area contributed by atoms with E-state index in [2.05, 4.69) is 20.9 Å². The molecule has 0 radical (unpaired) electrons. The van der Waals surface area contributed by atoms with Gasteiger partial charge in [0, 0.05) is 48.4 Å². The summed E-state index contributed by atoms with van der Waals surface area (Å²) in [6.07, 6.45) is 4.51. The fourth-order valence-corrected chi connectivity index (χ4v) is 3.30. The number of aryl methyl sites for hydroxylation is 1. The van der Waals surface area contributed by atoms with Crippen LogP contribution in [0.5, 0.6) is 5.75 Å². The molecule has 0 atom stereocenters. The molecule has 1 aromatic carbocycles. The summed E-state index contributed by atoms with van der Waals surface area (Å²) in [5.41, 5.74) is 4.50. The molecule has 0 saturated heterocycles. The first kappa shape index (κ1) is 15.6. The molecule has 4 rings (SSSR count). The van der Waals surface area contributed by atoms with Gasteiger partial charge in [-0.15, -0.1) is 0 Å². The number of nitrogens with zero attached hydrogens (tertiary/aromatic N) is 4. The van der Waals surface area contributed by atoms with Gasteiger partial charge in [-0.3, -0.25) is 4.98 Å². The molecule has 0 N–H and O–H groups in total. The number of benzene rings is 1. The number of ether oxygens (including phenoxy) is 1. The monoisotopic (exact) mass is 332 g/mol.